The Balaban J connectivity index is 1.52. The van der Waals surface area contributed by atoms with Crippen molar-refractivity contribution in [2.75, 3.05) is 11.4 Å². The summed E-state index contributed by atoms with van der Waals surface area (Å²) in [5.74, 6) is -1.15. The molecule has 2 aromatic heterocycles. The molecule has 1 amide bonds. The molecule has 198 valence electrons. The fraction of sp³-hybridized carbons (Fsp3) is 0.217. The molecule has 4 aromatic rings. The topological polar surface area (TPSA) is 102 Å². The fourth-order valence-corrected chi connectivity index (χ4v) is 4.22. The number of carbonyl (C=O) groups is 1. The van der Waals surface area contributed by atoms with E-state index in [1.54, 1.807) is 6.92 Å². The van der Waals surface area contributed by atoms with Gasteiger partial charge >= 0.3 is 12.5 Å². The zero-order valence-electron chi connectivity index (χ0n) is 19.1. The first kappa shape index (κ1) is 25.4. The summed E-state index contributed by atoms with van der Waals surface area (Å²) in [4.78, 5) is 34.0. The number of benzene rings is 2. The Morgan fingerprint density at radius 3 is 2.61 bits per heavy atom. The van der Waals surface area contributed by atoms with Crippen molar-refractivity contribution in [2.45, 2.75) is 25.9 Å². The van der Waals surface area contributed by atoms with Crippen LogP contribution < -0.4 is 19.9 Å². The number of aromatic nitrogens is 4. The number of amides is 1. The highest BCUT2D eigenvalue weighted by Crippen LogP contribution is 2.43. The van der Waals surface area contributed by atoms with Gasteiger partial charge in [-0.25, -0.2) is 9.67 Å². The third-order valence-corrected chi connectivity index (χ3v) is 6.01. The van der Waals surface area contributed by atoms with Crippen LogP contribution in [0.4, 0.5) is 27.6 Å². The van der Waals surface area contributed by atoms with Gasteiger partial charge in [-0.3, -0.25) is 9.59 Å². The van der Waals surface area contributed by atoms with Gasteiger partial charge in [-0.15, -0.1) is 8.78 Å². The van der Waals surface area contributed by atoms with Crippen LogP contribution in [0.15, 0.2) is 47.5 Å². The molecule has 0 fully saturated rings. The number of rotatable bonds is 5. The van der Waals surface area contributed by atoms with Crippen molar-refractivity contribution in [3.05, 3.63) is 63.7 Å². The van der Waals surface area contributed by atoms with E-state index in [1.165, 1.54) is 35.5 Å². The van der Waals surface area contributed by atoms with Crippen LogP contribution in [0.5, 0.6) is 11.5 Å². The van der Waals surface area contributed by atoms with E-state index in [2.05, 4.69) is 24.5 Å². The van der Waals surface area contributed by atoms with Crippen molar-refractivity contribution in [3.63, 3.8) is 0 Å². The van der Waals surface area contributed by atoms with Crippen molar-refractivity contribution < 1.29 is 36.2 Å². The van der Waals surface area contributed by atoms with Crippen LogP contribution in [-0.2, 0) is 17.5 Å². The number of alkyl halides is 5. The number of anilines is 1. The second kappa shape index (κ2) is 8.97. The number of aromatic amines is 1. The summed E-state index contributed by atoms with van der Waals surface area (Å²) in [6.45, 7) is 1.07. The molecule has 0 atom stereocenters. The number of H-pyrrole nitrogens is 1. The van der Waals surface area contributed by atoms with Crippen LogP contribution in [0.1, 0.15) is 12.5 Å². The van der Waals surface area contributed by atoms with Crippen molar-refractivity contribution in [1.82, 2.24) is 19.7 Å². The monoisotopic (exact) mass is 555 g/mol. The van der Waals surface area contributed by atoms with E-state index in [0.29, 0.717) is 0 Å². The first-order chi connectivity index (χ1) is 17.9. The Morgan fingerprint density at radius 1 is 1.16 bits per heavy atom. The lowest BCUT2D eigenvalue weighted by Crippen LogP contribution is -2.37. The Labute approximate surface area is 214 Å². The molecule has 38 heavy (non-hydrogen) atoms. The van der Waals surface area contributed by atoms with Crippen molar-refractivity contribution in [2.24, 2.45) is 0 Å². The van der Waals surface area contributed by atoms with Gasteiger partial charge < -0.3 is 19.4 Å². The Kier molecular flexibility index (Phi) is 6.01. The van der Waals surface area contributed by atoms with Crippen LogP contribution >= 0.6 is 11.6 Å². The van der Waals surface area contributed by atoms with Gasteiger partial charge in [0.15, 0.2) is 11.5 Å². The molecule has 2 aromatic carbocycles. The number of hydrogen-bond donors (Lipinski definition) is 1. The highest BCUT2D eigenvalue weighted by Gasteiger charge is 2.43. The van der Waals surface area contributed by atoms with Gasteiger partial charge in [0, 0.05) is 23.9 Å². The van der Waals surface area contributed by atoms with Crippen LogP contribution in [0.2, 0.25) is 5.02 Å². The normalized spacial score (nSPS) is 14.2. The lowest BCUT2D eigenvalue weighted by molar-refractivity contribution is -0.286. The minimum Gasteiger partial charge on any atom is -0.395 e. The molecule has 1 N–H and O–H groups in total. The van der Waals surface area contributed by atoms with E-state index < -0.39 is 41.1 Å². The zero-order valence-corrected chi connectivity index (χ0v) is 19.9. The molecule has 0 unspecified atom stereocenters. The third-order valence-electron chi connectivity index (χ3n) is 5.68. The SMILES string of the molecule is CCN(C(=O)Cn1nc(-c2ccc(Cl)c(C(F)(F)F)c2)c2nc[nH]c2c1=O)c1ccc2c(c1)OC(F)(F)O2. The lowest BCUT2D eigenvalue weighted by Gasteiger charge is -2.21. The fourth-order valence-electron chi connectivity index (χ4n) is 3.99. The van der Waals surface area contributed by atoms with Gasteiger partial charge in [0.05, 0.1) is 16.9 Å². The number of nitrogens with zero attached hydrogens (tertiary/aromatic N) is 4. The standard InChI is InChI=1S/C23H15ClF5N5O4/c1-2-33(12-4-6-15-16(8-12)38-23(28,29)37-15)17(35)9-34-21(36)20-19(30-10-31-20)18(32-34)11-3-5-14(24)13(7-11)22(25,26)27/h3-8,10H,2,9H2,1H3,(H,30,31). The van der Waals surface area contributed by atoms with Crippen molar-refractivity contribution >= 4 is 34.2 Å². The predicted molar refractivity (Wildman–Crippen MR) is 124 cm³/mol. The van der Waals surface area contributed by atoms with Gasteiger partial charge in [0.2, 0.25) is 5.91 Å². The van der Waals surface area contributed by atoms with E-state index in [-0.39, 0.29) is 46.0 Å². The maximum atomic E-state index is 13.4. The van der Waals surface area contributed by atoms with E-state index in [0.717, 1.165) is 16.8 Å². The number of carbonyl (C=O) groups excluding carboxylic acids is 1. The molecule has 0 saturated carbocycles. The number of imidazole rings is 1. The number of fused-ring (bicyclic) bond motifs is 2. The first-order valence-corrected chi connectivity index (χ1v) is 11.3. The molecule has 9 nitrogen and oxygen atoms in total. The van der Waals surface area contributed by atoms with Crippen molar-refractivity contribution in [3.8, 4) is 22.8 Å². The van der Waals surface area contributed by atoms with Crippen molar-refractivity contribution in [1.29, 1.82) is 0 Å². The van der Waals surface area contributed by atoms with Gasteiger partial charge in [0.25, 0.3) is 5.56 Å². The molecule has 3 heterocycles. The number of likely N-dealkylation sites (N-methyl/N-ethyl adjacent to an activating group) is 1. The number of nitrogens with one attached hydrogen (secondary N) is 1. The predicted octanol–water partition coefficient (Wildman–Crippen LogP) is 4.83. The second-order valence-electron chi connectivity index (χ2n) is 8.07. The summed E-state index contributed by atoms with van der Waals surface area (Å²) >= 11 is 5.72. The Morgan fingerprint density at radius 2 is 1.89 bits per heavy atom. The highest BCUT2D eigenvalue weighted by molar-refractivity contribution is 6.31. The maximum absolute atomic E-state index is 13.4. The van der Waals surface area contributed by atoms with Gasteiger partial charge in [-0.05, 0) is 31.2 Å². The summed E-state index contributed by atoms with van der Waals surface area (Å²) in [5.41, 5.74) is -1.89. The summed E-state index contributed by atoms with van der Waals surface area (Å²) in [7, 11) is 0. The molecule has 1 aliphatic rings. The smallest absolute Gasteiger partial charge is 0.395 e. The largest absolute Gasteiger partial charge is 0.586 e. The van der Waals surface area contributed by atoms with Crippen LogP contribution in [0.25, 0.3) is 22.3 Å². The van der Waals surface area contributed by atoms with Crippen LogP contribution in [-0.4, -0.2) is 38.5 Å². The first-order valence-electron chi connectivity index (χ1n) is 10.9. The van der Waals surface area contributed by atoms with Gasteiger partial charge in [-0.1, -0.05) is 17.7 Å². The van der Waals surface area contributed by atoms with E-state index in [1.807, 2.05) is 0 Å². The number of ether oxygens (including phenoxy) is 2. The third kappa shape index (κ3) is 4.51. The average Bonchev–Trinajstić information content (AvgIpc) is 3.44. The van der Waals surface area contributed by atoms with Gasteiger partial charge in [0.1, 0.15) is 23.3 Å². The minimum atomic E-state index is -4.75. The molecule has 0 spiro atoms. The van der Waals surface area contributed by atoms with E-state index >= 15 is 0 Å². The van der Waals surface area contributed by atoms with E-state index in [9.17, 15) is 31.5 Å². The lowest BCUT2D eigenvalue weighted by atomic mass is 10.1. The summed E-state index contributed by atoms with van der Waals surface area (Å²) in [5, 5.41) is 3.62. The molecule has 5 rings (SSSR count). The second-order valence-corrected chi connectivity index (χ2v) is 8.47. The highest BCUT2D eigenvalue weighted by atomic mass is 35.5. The molecule has 0 bridgehead atoms. The quantitative estimate of drug-likeness (QED) is 0.354. The summed E-state index contributed by atoms with van der Waals surface area (Å²) in [6.07, 6.45) is -7.42. The Bertz CT molecular complexity index is 1630. The zero-order chi connectivity index (χ0) is 27.4. The summed E-state index contributed by atoms with van der Waals surface area (Å²) < 4.78 is 76.7. The molecule has 0 aliphatic carbocycles. The minimum absolute atomic E-state index is 0.00167. The number of hydrogen-bond acceptors (Lipinski definition) is 6. The molecule has 0 radical (unpaired) electrons. The average molecular weight is 556 g/mol. The molecular formula is C23H15ClF5N5O4. The van der Waals surface area contributed by atoms with Gasteiger partial charge in [-0.2, -0.15) is 18.3 Å². The maximum Gasteiger partial charge on any atom is 0.586 e. The molecule has 1 aliphatic heterocycles. The Hall–Kier alpha value is -4.20. The molecular weight excluding hydrogens is 541 g/mol. The molecule has 0 saturated heterocycles. The molecule has 15 heteroatoms. The van der Waals surface area contributed by atoms with Crippen LogP contribution in [0.3, 0.4) is 0 Å². The number of halogens is 6. The van der Waals surface area contributed by atoms with Crippen LogP contribution in [0, 0.1) is 0 Å². The summed E-state index contributed by atoms with van der Waals surface area (Å²) in [6, 6.07) is 6.85. The van der Waals surface area contributed by atoms with E-state index in [4.69, 9.17) is 11.6 Å².